The second-order valence-corrected chi connectivity index (χ2v) is 6.84. The minimum Gasteiger partial charge on any atom is -0.545 e. The number of amides is 1. The predicted octanol–water partition coefficient (Wildman–Crippen LogP) is -0.724. The minimum atomic E-state index is -1.48. The first-order valence-electron chi connectivity index (χ1n) is 9.76. The molecule has 1 aliphatic rings. The number of carboxylic acid groups (broad SMARTS) is 4. The van der Waals surface area contributed by atoms with Crippen molar-refractivity contribution in [3.8, 4) is 0 Å². The molecule has 1 fully saturated rings. The molecule has 2 aromatic rings. The molecule has 33 heavy (non-hydrogen) atoms. The molecule has 0 bridgehead atoms. The van der Waals surface area contributed by atoms with Crippen LogP contribution in [0.3, 0.4) is 0 Å². The van der Waals surface area contributed by atoms with Gasteiger partial charge in [-0.2, -0.15) is 0 Å². The Hall–Kier alpha value is -4.25. The summed E-state index contributed by atoms with van der Waals surface area (Å²) in [5, 5.41) is 38.2. The fourth-order valence-corrected chi connectivity index (χ4v) is 2.91. The van der Waals surface area contributed by atoms with Crippen LogP contribution in [-0.2, 0) is 4.79 Å². The van der Waals surface area contributed by atoms with E-state index in [0.29, 0.717) is 0 Å². The monoisotopic (exact) mass is 460 g/mol. The van der Waals surface area contributed by atoms with Crippen molar-refractivity contribution >= 4 is 29.8 Å². The zero-order valence-corrected chi connectivity index (χ0v) is 17.5. The van der Waals surface area contributed by atoms with Gasteiger partial charge in [0.25, 0.3) is 0 Å². The van der Waals surface area contributed by atoms with Gasteiger partial charge in [-0.3, -0.25) is 4.79 Å². The Bertz CT molecular complexity index is 881. The SMILES string of the molecule is NC(=O)C1CC[NH2+]CC1.O=C(O)c1ccccc1C(=O)O.O=C([O-])c1ccccc1C(=O)O. The standard InChI is InChI=1S/2C8H6O4.C6H12N2O/c2*9-7(10)5-3-1-2-4-6(5)8(11)12;7-6(9)5-1-3-8-4-2-5/h2*1-4H,(H,9,10)(H,11,12);5,8H,1-4H2,(H2,7,9). The highest BCUT2D eigenvalue weighted by molar-refractivity contribution is 6.01. The Kier molecular flexibility index (Phi) is 10.7. The third-order valence-corrected chi connectivity index (χ3v) is 4.61. The number of carboxylic acids is 4. The van der Waals surface area contributed by atoms with Crippen LogP contribution in [0.2, 0.25) is 0 Å². The molecule has 1 aliphatic heterocycles. The van der Waals surface area contributed by atoms with Gasteiger partial charge in [-0.1, -0.05) is 30.3 Å². The van der Waals surface area contributed by atoms with Crippen molar-refractivity contribution in [3.05, 3.63) is 70.8 Å². The number of nitrogens with two attached hydrogens (primary N) is 2. The summed E-state index contributed by atoms with van der Waals surface area (Å²) in [5.41, 5.74) is 4.18. The van der Waals surface area contributed by atoms with E-state index in [2.05, 4.69) is 5.32 Å². The normalized spacial score (nSPS) is 12.7. The summed E-state index contributed by atoms with van der Waals surface area (Å²) in [6.07, 6.45) is 1.94. The van der Waals surface area contributed by atoms with Crippen LogP contribution < -0.4 is 16.2 Å². The molecule has 0 radical (unpaired) electrons. The topological polar surface area (TPSA) is 212 Å². The van der Waals surface area contributed by atoms with E-state index in [1.54, 1.807) is 0 Å². The number of quaternary nitrogens is 1. The Labute approximate surface area is 188 Å². The molecule has 3 rings (SSSR count). The van der Waals surface area contributed by atoms with Gasteiger partial charge in [-0.05, 0) is 18.2 Å². The lowest BCUT2D eigenvalue weighted by atomic mass is 9.98. The van der Waals surface area contributed by atoms with E-state index in [-0.39, 0.29) is 34.1 Å². The number of primary amides is 1. The fourth-order valence-electron chi connectivity index (χ4n) is 2.91. The molecule has 1 saturated heterocycles. The molecular formula is C22H24N2O9. The summed E-state index contributed by atoms with van der Waals surface area (Å²) in [7, 11) is 0. The highest BCUT2D eigenvalue weighted by atomic mass is 16.4. The molecule has 1 heterocycles. The number of benzene rings is 2. The zero-order chi connectivity index (χ0) is 25.0. The maximum Gasteiger partial charge on any atom is 0.336 e. The van der Waals surface area contributed by atoms with E-state index in [1.165, 1.54) is 48.5 Å². The van der Waals surface area contributed by atoms with Gasteiger partial charge in [0, 0.05) is 24.3 Å². The van der Waals surface area contributed by atoms with Crippen LogP contribution in [0.15, 0.2) is 48.5 Å². The molecule has 11 nitrogen and oxygen atoms in total. The number of carbonyl (C=O) groups excluding carboxylic acids is 2. The Morgan fingerprint density at radius 2 is 1.06 bits per heavy atom. The lowest BCUT2D eigenvalue weighted by molar-refractivity contribution is -0.663. The highest BCUT2D eigenvalue weighted by Gasteiger charge is 2.19. The van der Waals surface area contributed by atoms with Crippen molar-refractivity contribution in [1.29, 1.82) is 0 Å². The lowest BCUT2D eigenvalue weighted by Crippen LogP contribution is -2.86. The summed E-state index contributed by atoms with van der Waals surface area (Å²) in [6, 6.07) is 10.8. The molecule has 2 aromatic carbocycles. The maximum atomic E-state index is 10.6. The molecule has 0 unspecified atom stereocenters. The minimum absolute atomic E-state index is 0.122. The summed E-state index contributed by atoms with van der Waals surface area (Å²) in [5.74, 6) is -5.16. The Balaban J connectivity index is 0.000000250. The van der Waals surface area contributed by atoms with E-state index >= 15 is 0 Å². The average molecular weight is 460 g/mol. The van der Waals surface area contributed by atoms with Crippen molar-refractivity contribution in [3.63, 3.8) is 0 Å². The van der Waals surface area contributed by atoms with E-state index < -0.39 is 23.9 Å². The van der Waals surface area contributed by atoms with Gasteiger partial charge < -0.3 is 36.3 Å². The first kappa shape index (κ1) is 26.8. The van der Waals surface area contributed by atoms with Crippen molar-refractivity contribution in [2.75, 3.05) is 13.1 Å². The molecular weight excluding hydrogens is 436 g/mol. The molecule has 0 atom stereocenters. The predicted molar refractivity (Wildman–Crippen MR) is 112 cm³/mol. The fraction of sp³-hybridized carbons (Fsp3) is 0.227. The Morgan fingerprint density at radius 1 is 0.727 bits per heavy atom. The molecule has 7 N–H and O–H groups in total. The molecule has 0 saturated carbocycles. The van der Waals surface area contributed by atoms with Crippen LogP contribution in [0.25, 0.3) is 0 Å². The number of piperidine rings is 1. The van der Waals surface area contributed by atoms with Crippen LogP contribution in [0, 0.1) is 5.92 Å². The van der Waals surface area contributed by atoms with Crippen LogP contribution in [-0.4, -0.2) is 58.2 Å². The van der Waals surface area contributed by atoms with E-state index in [4.69, 9.17) is 21.1 Å². The van der Waals surface area contributed by atoms with Gasteiger partial charge in [0.2, 0.25) is 5.91 Å². The molecule has 0 aromatic heterocycles. The van der Waals surface area contributed by atoms with Crippen molar-refractivity contribution < 1.29 is 49.7 Å². The maximum absolute atomic E-state index is 10.6. The zero-order valence-electron chi connectivity index (χ0n) is 17.5. The Morgan fingerprint density at radius 3 is 1.30 bits per heavy atom. The summed E-state index contributed by atoms with van der Waals surface area (Å²) in [6.45, 7) is 2.13. The van der Waals surface area contributed by atoms with Crippen LogP contribution in [0.5, 0.6) is 0 Å². The summed E-state index contributed by atoms with van der Waals surface area (Å²) < 4.78 is 0. The van der Waals surface area contributed by atoms with E-state index in [9.17, 15) is 29.1 Å². The first-order valence-corrected chi connectivity index (χ1v) is 9.76. The molecule has 11 heteroatoms. The number of hydrogen-bond acceptors (Lipinski definition) is 6. The van der Waals surface area contributed by atoms with Gasteiger partial charge in [-0.15, -0.1) is 0 Å². The van der Waals surface area contributed by atoms with Gasteiger partial charge in [0.1, 0.15) is 0 Å². The first-order chi connectivity index (χ1) is 15.6. The number of carbonyl (C=O) groups is 5. The molecule has 0 spiro atoms. The van der Waals surface area contributed by atoms with Crippen LogP contribution >= 0.6 is 0 Å². The molecule has 1 amide bonds. The summed E-state index contributed by atoms with van der Waals surface area (Å²) >= 11 is 0. The van der Waals surface area contributed by atoms with Gasteiger partial charge in [-0.25, -0.2) is 14.4 Å². The molecule has 176 valence electrons. The van der Waals surface area contributed by atoms with Crippen LogP contribution in [0.4, 0.5) is 0 Å². The van der Waals surface area contributed by atoms with Crippen molar-refractivity contribution in [2.45, 2.75) is 12.8 Å². The van der Waals surface area contributed by atoms with Gasteiger partial charge >= 0.3 is 17.9 Å². The van der Waals surface area contributed by atoms with E-state index in [1.807, 2.05) is 0 Å². The number of hydrogen-bond donors (Lipinski definition) is 5. The summed E-state index contributed by atoms with van der Waals surface area (Å²) in [4.78, 5) is 52.3. The second-order valence-electron chi connectivity index (χ2n) is 6.84. The number of rotatable bonds is 5. The smallest absolute Gasteiger partial charge is 0.336 e. The average Bonchev–Trinajstić information content (AvgIpc) is 2.80. The number of aromatic carboxylic acids is 4. The third kappa shape index (κ3) is 8.79. The molecule has 0 aliphatic carbocycles. The quantitative estimate of drug-likeness (QED) is 0.380. The second kappa shape index (κ2) is 13.2. The van der Waals surface area contributed by atoms with Gasteiger partial charge in [0.05, 0.1) is 35.7 Å². The highest BCUT2D eigenvalue weighted by Crippen LogP contribution is 2.08. The van der Waals surface area contributed by atoms with Gasteiger partial charge in [0.15, 0.2) is 0 Å². The largest absolute Gasteiger partial charge is 0.545 e. The van der Waals surface area contributed by atoms with Crippen molar-refractivity contribution in [1.82, 2.24) is 0 Å². The van der Waals surface area contributed by atoms with Crippen molar-refractivity contribution in [2.24, 2.45) is 11.7 Å². The van der Waals surface area contributed by atoms with Crippen LogP contribution in [0.1, 0.15) is 54.3 Å². The lowest BCUT2D eigenvalue weighted by Gasteiger charge is -2.16. The third-order valence-electron chi connectivity index (χ3n) is 4.61. The van der Waals surface area contributed by atoms with E-state index in [0.717, 1.165) is 25.9 Å².